The molecule has 1 rings (SSSR count). The minimum Gasteiger partial charge on any atom is -0.380 e. The Hall–Kier alpha value is -1.07. The van der Waals surface area contributed by atoms with Gasteiger partial charge in [-0.3, -0.25) is 0 Å². The Kier molecular flexibility index (Phi) is 8.25. The van der Waals surface area contributed by atoms with Gasteiger partial charge < -0.3 is 9.90 Å². The Labute approximate surface area is 110 Å². The average molecular weight is 248 g/mol. The van der Waals surface area contributed by atoms with E-state index < -0.39 is 6.10 Å². The molecular formula is C16H24O2. The Bertz CT molecular complexity index is 303. The van der Waals surface area contributed by atoms with Crippen LogP contribution in [0.5, 0.6) is 0 Å². The van der Waals surface area contributed by atoms with Gasteiger partial charge in [-0.2, -0.15) is 0 Å². The summed E-state index contributed by atoms with van der Waals surface area (Å²) in [6, 6.07) is 0. The SMILES string of the molecule is O=CCCCC/C=C\C#CC(O)C1CCCCC1. The number of unbranched alkanes of at least 4 members (excludes halogenated alkanes) is 3. The number of carbonyl (C=O) groups excluding carboxylic acids is 1. The molecule has 0 heterocycles. The molecule has 1 N–H and O–H groups in total. The fraction of sp³-hybridized carbons (Fsp3) is 0.688. The van der Waals surface area contributed by atoms with Crippen molar-refractivity contribution >= 4 is 6.29 Å². The van der Waals surface area contributed by atoms with Gasteiger partial charge in [-0.1, -0.05) is 37.2 Å². The van der Waals surface area contributed by atoms with Crippen LogP contribution < -0.4 is 0 Å². The van der Waals surface area contributed by atoms with Crippen LogP contribution in [0.15, 0.2) is 12.2 Å². The highest BCUT2D eigenvalue weighted by Crippen LogP contribution is 2.26. The highest BCUT2D eigenvalue weighted by atomic mass is 16.3. The van der Waals surface area contributed by atoms with Crippen LogP contribution in [0.1, 0.15) is 57.8 Å². The number of allylic oxidation sites excluding steroid dienone is 2. The lowest BCUT2D eigenvalue weighted by molar-refractivity contribution is -0.107. The van der Waals surface area contributed by atoms with E-state index in [0.717, 1.165) is 38.4 Å². The smallest absolute Gasteiger partial charge is 0.119 e. The molecular weight excluding hydrogens is 224 g/mol. The molecule has 2 nitrogen and oxygen atoms in total. The predicted octanol–water partition coefficient (Wildman–Crippen LogP) is 3.25. The number of aliphatic hydroxyl groups excluding tert-OH is 1. The van der Waals surface area contributed by atoms with E-state index >= 15 is 0 Å². The molecule has 1 fully saturated rings. The van der Waals surface area contributed by atoms with Crippen LogP contribution in [0.25, 0.3) is 0 Å². The zero-order valence-corrected chi connectivity index (χ0v) is 11.1. The summed E-state index contributed by atoms with van der Waals surface area (Å²) in [6.07, 6.45) is 13.9. The first kappa shape index (κ1) is 15.0. The summed E-state index contributed by atoms with van der Waals surface area (Å²) >= 11 is 0. The van der Waals surface area contributed by atoms with Crippen LogP contribution in [-0.2, 0) is 4.79 Å². The van der Waals surface area contributed by atoms with E-state index in [0.29, 0.717) is 12.3 Å². The number of aliphatic hydroxyl groups is 1. The van der Waals surface area contributed by atoms with Crippen molar-refractivity contribution < 1.29 is 9.90 Å². The molecule has 100 valence electrons. The van der Waals surface area contributed by atoms with Crippen LogP contribution in [0.4, 0.5) is 0 Å². The summed E-state index contributed by atoms with van der Waals surface area (Å²) < 4.78 is 0. The third kappa shape index (κ3) is 6.61. The molecule has 0 aromatic heterocycles. The fourth-order valence-corrected chi connectivity index (χ4v) is 2.33. The Balaban J connectivity index is 2.14. The highest BCUT2D eigenvalue weighted by Gasteiger charge is 2.19. The van der Waals surface area contributed by atoms with Crippen LogP contribution in [0.3, 0.4) is 0 Å². The minimum atomic E-state index is -0.454. The van der Waals surface area contributed by atoms with Gasteiger partial charge in [-0.25, -0.2) is 0 Å². The van der Waals surface area contributed by atoms with Crippen LogP contribution in [0.2, 0.25) is 0 Å². The first-order valence-electron chi connectivity index (χ1n) is 7.12. The second-order valence-corrected chi connectivity index (χ2v) is 4.99. The summed E-state index contributed by atoms with van der Waals surface area (Å²) in [7, 11) is 0. The van der Waals surface area contributed by atoms with Gasteiger partial charge in [0.25, 0.3) is 0 Å². The van der Waals surface area contributed by atoms with Gasteiger partial charge in [-0.05, 0) is 44.1 Å². The molecule has 1 unspecified atom stereocenters. The maximum absolute atomic E-state index is 10.1. The topological polar surface area (TPSA) is 37.3 Å². The molecule has 0 amide bonds. The Morgan fingerprint density at radius 2 is 1.89 bits per heavy atom. The first-order chi connectivity index (χ1) is 8.84. The van der Waals surface area contributed by atoms with Gasteiger partial charge in [0.1, 0.15) is 12.4 Å². The van der Waals surface area contributed by atoms with Crippen molar-refractivity contribution in [2.24, 2.45) is 5.92 Å². The van der Waals surface area contributed by atoms with Crippen molar-refractivity contribution in [2.75, 3.05) is 0 Å². The predicted molar refractivity (Wildman–Crippen MR) is 74.0 cm³/mol. The molecule has 1 aliphatic carbocycles. The lowest BCUT2D eigenvalue weighted by atomic mass is 9.85. The highest BCUT2D eigenvalue weighted by molar-refractivity contribution is 5.48. The van der Waals surface area contributed by atoms with Gasteiger partial charge in [-0.15, -0.1) is 0 Å². The van der Waals surface area contributed by atoms with E-state index in [1.54, 1.807) is 0 Å². The number of hydrogen-bond acceptors (Lipinski definition) is 2. The van der Waals surface area contributed by atoms with Gasteiger partial charge >= 0.3 is 0 Å². The molecule has 0 aliphatic heterocycles. The third-order valence-corrected chi connectivity index (χ3v) is 3.47. The van der Waals surface area contributed by atoms with Crippen molar-refractivity contribution in [1.29, 1.82) is 0 Å². The monoisotopic (exact) mass is 248 g/mol. The zero-order valence-electron chi connectivity index (χ0n) is 11.1. The number of carbonyl (C=O) groups is 1. The molecule has 0 aromatic carbocycles. The summed E-state index contributed by atoms with van der Waals surface area (Å²) in [5.74, 6) is 6.22. The summed E-state index contributed by atoms with van der Waals surface area (Å²) in [6.45, 7) is 0. The summed E-state index contributed by atoms with van der Waals surface area (Å²) in [5.41, 5.74) is 0. The second kappa shape index (κ2) is 9.91. The van der Waals surface area contributed by atoms with Crippen molar-refractivity contribution in [1.82, 2.24) is 0 Å². The number of aldehydes is 1. The van der Waals surface area contributed by atoms with E-state index in [4.69, 9.17) is 0 Å². The molecule has 1 atom stereocenters. The van der Waals surface area contributed by atoms with Crippen molar-refractivity contribution in [3.63, 3.8) is 0 Å². The molecule has 0 bridgehead atoms. The maximum atomic E-state index is 10.1. The van der Waals surface area contributed by atoms with Gasteiger partial charge in [0, 0.05) is 6.42 Å². The lowest BCUT2D eigenvalue weighted by Gasteiger charge is -2.23. The van der Waals surface area contributed by atoms with E-state index in [1.165, 1.54) is 19.3 Å². The average Bonchev–Trinajstić information content (AvgIpc) is 2.42. The largest absolute Gasteiger partial charge is 0.380 e. The second-order valence-electron chi connectivity index (χ2n) is 4.99. The Morgan fingerprint density at radius 3 is 2.61 bits per heavy atom. The van der Waals surface area contributed by atoms with Gasteiger partial charge in [0.2, 0.25) is 0 Å². The van der Waals surface area contributed by atoms with Crippen molar-refractivity contribution in [2.45, 2.75) is 63.9 Å². The molecule has 0 spiro atoms. The summed E-state index contributed by atoms with van der Waals surface area (Å²) in [4.78, 5) is 10.1. The van der Waals surface area contributed by atoms with Crippen molar-refractivity contribution in [3.05, 3.63) is 12.2 Å². The first-order valence-corrected chi connectivity index (χ1v) is 7.12. The molecule has 0 radical (unpaired) electrons. The molecule has 0 saturated heterocycles. The van der Waals surface area contributed by atoms with Crippen LogP contribution >= 0.6 is 0 Å². The number of rotatable bonds is 6. The molecule has 1 saturated carbocycles. The zero-order chi connectivity index (χ0) is 13.1. The van der Waals surface area contributed by atoms with Crippen LogP contribution in [0, 0.1) is 17.8 Å². The van der Waals surface area contributed by atoms with Gasteiger partial charge in [0.15, 0.2) is 0 Å². The van der Waals surface area contributed by atoms with E-state index in [9.17, 15) is 9.90 Å². The van der Waals surface area contributed by atoms with E-state index in [1.807, 2.05) is 12.2 Å². The molecule has 1 aliphatic rings. The summed E-state index contributed by atoms with van der Waals surface area (Å²) in [5, 5.41) is 9.90. The molecule has 2 heteroatoms. The van der Waals surface area contributed by atoms with E-state index in [-0.39, 0.29) is 0 Å². The van der Waals surface area contributed by atoms with Crippen LogP contribution in [-0.4, -0.2) is 17.5 Å². The molecule has 0 aromatic rings. The minimum absolute atomic E-state index is 0.382. The van der Waals surface area contributed by atoms with Crippen molar-refractivity contribution in [3.8, 4) is 11.8 Å². The Morgan fingerprint density at radius 1 is 1.17 bits per heavy atom. The maximum Gasteiger partial charge on any atom is 0.119 e. The van der Waals surface area contributed by atoms with E-state index in [2.05, 4.69) is 11.8 Å². The normalized spacial score (nSPS) is 18.3. The fourth-order valence-electron chi connectivity index (χ4n) is 2.33. The van der Waals surface area contributed by atoms with Gasteiger partial charge in [0.05, 0.1) is 0 Å². The number of hydrogen-bond donors (Lipinski definition) is 1. The quantitative estimate of drug-likeness (QED) is 0.445. The third-order valence-electron chi connectivity index (χ3n) is 3.47. The standard InChI is InChI=1S/C16H24O2/c17-14-10-5-3-1-2-4-9-13-16(18)15-11-7-6-8-12-15/h2,4,14-16,18H,1,3,5-8,10-12H2/b4-2-. The molecule has 18 heavy (non-hydrogen) atoms. The lowest BCUT2D eigenvalue weighted by Crippen LogP contribution is -2.20.